The first-order valence-electron chi connectivity index (χ1n) is 6.30. The minimum atomic E-state index is -4.64. The number of nitrogens with one attached hydrogen (secondary N) is 1. The van der Waals surface area contributed by atoms with E-state index in [2.05, 4.69) is 10.1 Å². The van der Waals surface area contributed by atoms with Crippen molar-refractivity contribution in [3.05, 3.63) is 28.8 Å². The van der Waals surface area contributed by atoms with Gasteiger partial charge in [0.1, 0.15) is 12.4 Å². The summed E-state index contributed by atoms with van der Waals surface area (Å²) in [5, 5.41) is 3.69. The van der Waals surface area contributed by atoms with Crippen molar-refractivity contribution in [1.29, 1.82) is 0 Å². The van der Waals surface area contributed by atoms with Crippen LogP contribution in [0.15, 0.2) is 18.2 Å². The van der Waals surface area contributed by atoms with Crippen LogP contribution in [0.5, 0.6) is 5.75 Å². The zero-order valence-corrected chi connectivity index (χ0v) is 11.4. The molecule has 1 aromatic rings. The van der Waals surface area contributed by atoms with Crippen LogP contribution in [0.1, 0.15) is 18.4 Å². The van der Waals surface area contributed by atoms with Gasteiger partial charge in [-0.1, -0.05) is 23.7 Å². The number of rotatable bonds is 7. The first-order valence-corrected chi connectivity index (χ1v) is 6.68. The largest absolute Gasteiger partial charge is 0.522 e. The van der Waals surface area contributed by atoms with Crippen LogP contribution in [-0.4, -0.2) is 25.6 Å². The molecule has 0 bridgehead atoms. The standard InChI is InChI=1S/C13H15ClF3NO2/c14-11-3-1-2-9(8-18-10-4-5-10)12(11)19-6-7-20-13(15,16)17/h1-3,10,18H,4-8H2. The minimum absolute atomic E-state index is 0.209. The van der Waals surface area contributed by atoms with Crippen LogP contribution in [-0.2, 0) is 11.3 Å². The Bertz CT molecular complexity index is 450. The highest BCUT2D eigenvalue weighted by Gasteiger charge is 2.28. The zero-order valence-electron chi connectivity index (χ0n) is 10.7. The molecule has 1 fully saturated rings. The molecule has 0 saturated heterocycles. The summed E-state index contributed by atoms with van der Waals surface area (Å²) in [7, 11) is 0. The summed E-state index contributed by atoms with van der Waals surface area (Å²) in [4.78, 5) is 0. The van der Waals surface area contributed by atoms with Crippen LogP contribution in [0, 0.1) is 0 Å². The van der Waals surface area contributed by atoms with Crippen LogP contribution in [0.25, 0.3) is 0 Å². The molecular formula is C13H15ClF3NO2. The summed E-state index contributed by atoms with van der Waals surface area (Å²) >= 11 is 6.01. The third-order valence-corrected chi connectivity index (χ3v) is 3.10. The highest BCUT2D eigenvalue weighted by molar-refractivity contribution is 6.32. The predicted octanol–water partition coefficient (Wildman–Crippen LogP) is 3.51. The van der Waals surface area contributed by atoms with E-state index < -0.39 is 13.0 Å². The topological polar surface area (TPSA) is 30.5 Å². The smallest absolute Gasteiger partial charge is 0.489 e. The van der Waals surface area contributed by atoms with Gasteiger partial charge in [-0.3, -0.25) is 4.74 Å². The molecule has 2 rings (SSSR count). The van der Waals surface area contributed by atoms with Gasteiger partial charge in [-0.25, -0.2) is 0 Å². The third kappa shape index (κ3) is 5.19. The average molecular weight is 310 g/mol. The van der Waals surface area contributed by atoms with Crippen molar-refractivity contribution in [2.75, 3.05) is 13.2 Å². The third-order valence-electron chi connectivity index (χ3n) is 2.80. The molecule has 20 heavy (non-hydrogen) atoms. The van der Waals surface area contributed by atoms with Crippen molar-refractivity contribution in [3.8, 4) is 5.75 Å². The van der Waals surface area contributed by atoms with Gasteiger partial charge in [0.05, 0.1) is 11.6 Å². The number of benzene rings is 1. The molecule has 0 unspecified atom stereocenters. The molecule has 1 saturated carbocycles. The summed E-state index contributed by atoms with van der Waals surface area (Å²) in [5.74, 6) is 0.410. The van der Waals surface area contributed by atoms with Gasteiger partial charge in [0.15, 0.2) is 0 Å². The van der Waals surface area contributed by atoms with Gasteiger partial charge in [0.25, 0.3) is 0 Å². The van der Waals surface area contributed by atoms with Crippen LogP contribution in [0.4, 0.5) is 13.2 Å². The Kier molecular flexibility index (Phi) is 5.12. The van der Waals surface area contributed by atoms with E-state index in [4.69, 9.17) is 16.3 Å². The van der Waals surface area contributed by atoms with Crippen molar-refractivity contribution >= 4 is 11.6 Å². The molecule has 0 radical (unpaired) electrons. The average Bonchev–Trinajstić information content (AvgIpc) is 3.17. The number of para-hydroxylation sites is 1. The van der Waals surface area contributed by atoms with Gasteiger partial charge in [-0.05, 0) is 18.9 Å². The summed E-state index contributed by atoms with van der Waals surface area (Å²) in [6.07, 6.45) is -2.34. The normalized spacial score (nSPS) is 15.4. The number of ether oxygens (including phenoxy) is 2. The van der Waals surface area contributed by atoms with Crippen molar-refractivity contribution in [2.45, 2.75) is 31.8 Å². The van der Waals surface area contributed by atoms with E-state index in [-0.39, 0.29) is 6.61 Å². The van der Waals surface area contributed by atoms with Crippen molar-refractivity contribution in [1.82, 2.24) is 5.32 Å². The van der Waals surface area contributed by atoms with Crippen molar-refractivity contribution < 1.29 is 22.6 Å². The molecule has 0 amide bonds. The molecule has 0 heterocycles. The lowest BCUT2D eigenvalue weighted by Crippen LogP contribution is -2.19. The Balaban J connectivity index is 1.87. The van der Waals surface area contributed by atoms with E-state index in [9.17, 15) is 13.2 Å². The highest BCUT2D eigenvalue weighted by atomic mass is 35.5. The maximum Gasteiger partial charge on any atom is 0.522 e. The van der Waals surface area contributed by atoms with E-state index in [1.807, 2.05) is 6.07 Å². The number of hydrogen-bond donors (Lipinski definition) is 1. The van der Waals surface area contributed by atoms with Gasteiger partial charge in [0.2, 0.25) is 0 Å². The van der Waals surface area contributed by atoms with E-state index in [1.165, 1.54) is 0 Å². The number of hydrogen-bond acceptors (Lipinski definition) is 3. The van der Waals surface area contributed by atoms with Gasteiger partial charge in [-0.2, -0.15) is 0 Å². The van der Waals surface area contributed by atoms with Crippen LogP contribution >= 0.6 is 11.6 Å². The number of halogens is 4. The summed E-state index contributed by atoms with van der Waals surface area (Å²) < 4.78 is 44.5. The van der Waals surface area contributed by atoms with Gasteiger partial charge < -0.3 is 10.1 Å². The second-order valence-electron chi connectivity index (χ2n) is 4.53. The van der Waals surface area contributed by atoms with E-state index in [0.717, 1.165) is 18.4 Å². The second kappa shape index (κ2) is 6.65. The van der Waals surface area contributed by atoms with Gasteiger partial charge in [-0.15, -0.1) is 13.2 Å². The highest BCUT2D eigenvalue weighted by Crippen LogP contribution is 2.30. The fourth-order valence-electron chi connectivity index (χ4n) is 1.70. The Morgan fingerprint density at radius 1 is 1.25 bits per heavy atom. The fraction of sp³-hybridized carbons (Fsp3) is 0.538. The molecule has 1 aliphatic rings. The van der Waals surface area contributed by atoms with E-state index >= 15 is 0 Å². The molecule has 1 aliphatic carbocycles. The molecule has 1 N–H and O–H groups in total. The lowest BCUT2D eigenvalue weighted by Gasteiger charge is -2.14. The fourth-order valence-corrected chi connectivity index (χ4v) is 1.95. The molecule has 0 aromatic heterocycles. The Hall–Kier alpha value is -0.980. The minimum Gasteiger partial charge on any atom is -0.489 e. The molecule has 0 spiro atoms. The monoisotopic (exact) mass is 309 g/mol. The van der Waals surface area contributed by atoms with Crippen molar-refractivity contribution in [2.24, 2.45) is 0 Å². The maximum atomic E-state index is 11.8. The Labute approximate surface area is 120 Å². The molecular weight excluding hydrogens is 295 g/mol. The molecule has 7 heteroatoms. The SMILES string of the molecule is FC(F)(F)OCCOc1c(Cl)cccc1CNC1CC1. The lowest BCUT2D eigenvalue weighted by atomic mass is 10.2. The van der Waals surface area contributed by atoms with Gasteiger partial charge in [0, 0.05) is 18.2 Å². The molecule has 0 aliphatic heterocycles. The second-order valence-corrected chi connectivity index (χ2v) is 4.93. The molecule has 112 valence electrons. The van der Waals surface area contributed by atoms with Crippen LogP contribution < -0.4 is 10.1 Å². The molecule has 3 nitrogen and oxygen atoms in total. The first kappa shape index (κ1) is 15.4. The van der Waals surface area contributed by atoms with Crippen LogP contribution in [0.2, 0.25) is 5.02 Å². The Morgan fingerprint density at radius 3 is 2.65 bits per heavy atom. The van der Waals surface area contributed by atoms with Crippen molar-refractivity contribution in [3.63, 3.8) is 0 Å². The zero-order chi connectivity index (χ0) is 14.6. The maximum absolute atomic E-state index is 11.8. The predicted molar refractivity (Wildman–Crippen MR) is 68.8 cm³/mol. The summed E-state index contributed by atoms with van der Waals surface area (Å²) in [6, 6.07) is 5.78. The lowest BCUT2D eigenvalue weighted by molar-refractivity contribution is -0.325. The summed E-state index contributed by atoms with van der Waals surface area (Å²) in [5.41, 5.74) is 0.830. The molecule has 0 atom stereocenters. The summed E-state index contributed by atoms with van der Waals surface area (Å²) in [6.45, 7) is -0.190. The first-order chi connectivity index (χ1) is 9.46. The van der Waals surface area contributed by atoms with E-state index in [0.29, 0.717) is 23.4 Å². The Morgan fingerprint density at radius 2 is 2.00 bits per heavy atom. The van der Waals surface area contributed by atoms with Crippen LogP contribution in [0.3, 0.4) is 0 Å². The molecule has 1 aromatic carbocycles. The quantitative estimate of drug-likeness (QED) is 0.782. The van der Waals surface area contributed by atoms with Gasteiger partial charge >= 0.3 is 6.36 Å². The number of alkyl halides is 3. The van der Waals surface area contributed by atoms with E-state index in [1.54, 1.807) is 12.1 Å².